The summed E-state index contributed by atoms with van der Waals surface area (Å²) in [6.07, 6.45) is -0.306. The lowest BCUT2D eigenvalue weighted by molar-refractivity contribution is -0.147. The number of nitrogens with one attached hydrogen (secondary N) is 2. The third kappa shape index (κ3) is 6.73. The highest BCUT2D eigenvalue weighted by Crippen LogP contribution is 2.29. The summed E-state index contributed by atoms with van der Waals surface area (Å²) in [6.45, 7) is 5.15. The first-order valence-electron chi connectivity index (χ1n) is 10.4. The van der Waals surface area contributed by atoms with Gasteiger partial charge < -0.3 is 14.8 Å². The third-order valence-electron chi connectivity index (χ3n) is 5.56. The topological polar surface area (TPSA) is 111 Å². The summed E-state index contributed by atoms with van der Waals surface area (Å²) in [6, 6.07) is 5.56. The monoisotopic (exact) mass is 498 g/mol. The number of benzene rings is 2. The van der Waals surface area contributed by atoms with Crippen molar-refractivity contribution < 1.29 is 36.3 Å². The maximum atomic E-state index is 12.9. The molecular formula is C23H28F2N2O6S. The minimum Gasteiger partial charge on any atom is -0.456 e. The van der Waals surface area contributed by atoms with Crippen LogP contribution in [-0.2, 0) is 24.3 Å². The van der Waals surface area contributed by atoms with Gasteiger partial charge in [-0.1, -0.05) is 12.1 Å². The first-order valence-corrected chi connectivity index (χ1v) is 11.9. The van der Waals surface area contributed by atoms with E-state index in [1.807, 2.05) is 20.8 Å². The summed E-state index contributed by atoms with van der Waals surface area (Å²) < 4.78 is 62.2. The number of para-hydroxylation sites is 2. The molecule has 0 heterocycles. The van der Waals surface area contributed by atoms with Gasteiger partial charge in [0, 0.05) is 6.54 Å². The van der Waals surface area contributed by atoms with E-state index in [4.69, 9.17) is 4.74 Å². The van der Waals surface area contributed by atoms with Crippen molar-refractivity contribution >= 4 is 27.6 Å². The molecule has 2 aromatic rings. The Morgan fingerprint density at radius 2 is 1.50 bits per heavy atom. The summed E-state index contributed by atoms with van der Waals surface area (Å²) in [4.78, 5) is 24.1. The van der Waals surface area contributed by atoms with Crippen LogP contribution in [0.1, 0.15) is 34.2 Å². The molecule has 2 aromatic carbocycles. The third-order valence-corrected chi connectivity index (χ3v) is 7.30. The summed E-state index contributed by atoms with van der Waals surface area (Å²) in [7, 11) is -3.88. The maximum Gasteiger partial charge on any atom is 0.387 e. The van der Waals surface area contributed by atoms with Crippen LogP contribution in [0.3, 0.4) is 0 Å². The van der Waals surface area contributed by atoms with E-state index in [1.165, 1.54) is 24.3 Å². The van der Waals surface area contributed by atoms with Gasteiger partial charge in [0.05, 0.1) is 17.0 Å². The highest BCUT2D eigenvalue weighted by molar-refractivity contribution is 7.89. The van der Waals surface area contributed by atoms with Gasteiger partial charge in [-0.2, -0.15) is 8.78 Å². The Balaban J connectivity index is 1.91. The van der Waals surface area contributed by atoms with Crippen molar-refractivity contribution in [2.45, 2.75) is 52.5 Å². The predicted octanol–water partition coefficient (Wildman–Crippen LogP) is 3.68. The van der Waals surface area contributed by atoms with Crippen molar-refractivity contribution in [3.63, 3.8) is 0 Å². The molecule has 11 heteroatoms. The fourth-order valence-corrected chi connectivity index (χ4v) is 5.03. The van der Waals surface area contributed by atoms with Gasteiger partial charge in [0.2, 0.25) is 10.0 Å². The fraction of sp³-hybridized carbons (Fsp3) is 0.391. The zero-order valence-corrected chi connectivity index (χ0v) is 20.4. The van der Waals surface area contributed by atoms with Gasteiger partial charge in [0.25, 0.3) is 5.91 Å². The number of sulfonamides is 1. The second-order valence-electron chi connectivity index (χ2n) is 7.69. The van der Waals surface area contributed by atoms with Crippen LogP contribution in [0, 0.1) is 34.6 Å². The molecule has 0 radical (unpaired) electrons. The van der Waals surface area contributed by atoms with E-state index < -0.39 is 35.1 Å². The molecule has 0 aliphatic rings. The second kappa shape index (κ2) is 11.4. The van der Waals surface area contributed by atoms with Crippen LogP contribution in [0.2, 0.25) is 0 Å². The quantitative estimate of drug-likeness (QED) is 0.484. The SMILES string of the molecule is Cc1c(C)c(C)c(S(=O)(=O)NCCC(=O)OCC(=O)Nc2ccccc2OC(F)F)c(C)c1C. The molecule has 0 fully saturated rings. The van der Waals surface area contributed by atoms with Crippen LogP contribution < -0.4 is 14.8 Å². The van der Waals surface area contributed by atoms with E-state index in [9.17, 15) is 26.8 Å². The molecule has 2 rings (SSSR count). The molecular weight excluding hydrogens is 470 g/mol. The molecule has 1 amide bonds. The molecule has 0 spiro atoms. The van der Waals surface area contributed by atoms with Crippen molar-refractivity contribution in [2.24, 2.45) is 0 Å². The van der Waals surface area contributed by atoms with Crippen molar-refractivity contribution in [3.05, 3.63) is 52.1 Å². The number of rotatable bonds is 10. The molecule has 0 aromatic heterocycles. The van der Waals surface area contributed by atoms with Crippen LogP contribution >= 0.6 is 0 Å². The molecule has 0 atom stereocenters. The summed E-state index contributed by atoms with van der Waals surface area (Å²) >= 11 is 0. The van der Waals surface area contributed by atoms with Crippen LogP contribution in [-0.4, -0.2) is 40.1 Å². The summed E-state index contributed by atoms with van der Waals surface area (Å²) in [5.41, 5.74) is 4.07. The Hall–Kier alpha value is -3.05. The lowest BCUT2D eigenvalue weighted by Gasteiger charge is -2.19. The smallest absolute Gasteiger partial charge is 0.387 e. The predicted molar refractivity (Wildman–Crippen MR) is 123 cm³/mol. The molecule has 0 aliphatic carbocycles. The van der Waals surface area contributed by atoms with Crippen LogP contribution in [0.4, 0.5) is 14.5 Å². The number of amides is 1. The number of hydrogen-bond acceptors (Lipinski definition) is 6. The minimum absolute atomic E-state index is 0.00830. The van der Waals surface area contributed by atoms with E-state index in [0.717, 1.165) is 16.7 Å². The Bertz CT molecular complexity index is 1150. The number of anilines is 1. The van der Waals surface area contributed by atoms with Gasteiger partial charge in [-0.05, 0) is 74.6 Å². The van der Waals surface area contributed by atoms with E-state index in [2.05, 4.69) is 14.8 Å². The largest absolute Gasteiger partial charge is 0.456 e. The minimum atomic E-state index is -3.88. The standard InChI is InChI=1S/C23H28F2N2O6S/c1-13-14(2)16(4)22(17(5)15(13)3)34(30,31)26-11-10-21(29)32-12-20(28)27-18-8-6-7-9-19(18)33-23(24)25/h6-9,23,26H,10-12H2,1-5H3,(H,27,28). The number of hydrogen-bond donors (Lipinski definition) is 2. The van der Waals surface area contributed by atoms with E-state index in [1.54, 1.807) is 13.8 Å². The Morgan fingerprint density at radius 3 is 2.09 bits per heavy atom. The molecule has 0 saturated heterocycles. The zero-order chi connectivity index (χ0) is 25.6. The van der Waals surface area contributed by atoms with Crippen LogP contribution in [0.5, 0.6) is 5.75 Å². The molecule has 8 nitrogen and oxygen atoms in total. The molecule has 0 unspecified atom stereocenters. The Morgan fingerprint density at radius 1 is 0.941 bits per heavy atom. The van der Waals surface area contributed by atoms with Gasteiger partial charge >= 0.3 is 12.6 Å². The lowest BCUT2D eigenvalue weighted by Crippen LogP contribution is -2.29. The molecule has 2 N–H and O–H groups in total. The maximum absolute atomic E-state index is 12.9. The number of alkyl halides is 2. The van der Waals surface area contributed by atoms with Gasteiger partial charge in [-0.25, -0.2) is 13.1 Å². The first-order chi connectivity index (χ1) is 15.8. The molecule has 34 heavy (non-hydrogen) atoms. The van der Waals surface area contributed by atoms with E-state index >= 15 is 0 Å². The molecule has 0 saturated carbocycles. The number of halogens is 2. The number of carbonyl (C=O) groups excluding carboxylic acids is 2. The average molecular weight is 499 g/mol. The molecule has 0 aliphatic heterocycles. The summed E-state index contributed by atoms with van der Waals surface area (Å²) in [5, 5.41) is 2.31. The number of esters is 1. The van der Waals surface area contributed by atoms with Gasteiger partial charge in [-0.15, -0.1) is 0 Å². The van der Waals surface area contributed by atoms with Crippen LogP contribution in [0.15, 0.2) is 29.2 Å². The Labute approximate surface area is 197 Å². The van der Waals surface area contributed by atoms with E-state index in [0.29, 0.717) is 11.1 Å². The van der Waals surface area contributed by atoms with Gasteiger partial charge in [0.15, 0.2) is 6.61 Å². The fourth-order valence-electron chi connectivity index (χ4n) is 3.40. The van der Waals surface area contributed by atoms with Gasteiger partial charge in [0.1, 0.15) is 5.75 Å². The summed E-state index contributed by atoms with van der Waals surface area (Å²) in [5.74, 6) is -1.81. The molecule has 0 bridgehead atoms. The van der Waals surface area contributed by atoms with Crippen molar-refractivity contribution in [2.75, 3.05) is 18.5 Å². The second-order valence-corrected chi connectivity index (χ2v) is 9.39. The van der Waals surface area contributed by atoms with Crippen molar-refractivity contribution in [1.29, 1.82) is 0 Å². The molecule has 186 valence electrons. The zero-order valence-electron chi connectivity index (χ0n) is 19.6. The van der Waals surface area contributed by atoms with E-state index in [-0.39, 0.29) is 29.3 Å². The Kier molecular flexibility index (Phi) is 9.11. The number of ether oxygens (including phenoxy) is 2. The van der Waals surface area contributed by atoms with Gasteiger partial charge in [-0.3, -0.25) is 9.59 Å². The lowest BCUT2D eigenvalue weighted by atomic mass is 9.95. The number of carbonyl (C=O) groups is 2. The van der Waals surface area contributed by atoms with Crippen molar-refractivity contribution in [1.82, 2.24) is 4.72 Å². The van der Waals surface area contributed by atoms with Crippen molar-refractivity contribution in [3.8, 4) is 5.75 Å². The normalized spacial score (nSPS) is 11.4. The highest BCUT2D eigenvalue weighted by Gasteiger charge is 2.23. The first kappa shape index (κ1) is 27.2. The average Bonchev–Trinajstić information content (AvgIpc) is 2.75. The van der Waals surface area contributed by atoms with Crippen LogP contribution in [0.25, 0.3) is 0 Å². The highest BCUT2D eigenvalue weighted by atomic mass is 32.2.